The van der Waals surface area contributed by atoms with Crippen molar-refractivity contribution in [2.75, 3.05) is 23.3 Å². The van der Waals surface area contributed by atoms with E-state index in [0.717, 1.165) is 31.0 Å². The van der Waals surface area contributed by atoms with Gasteiger partial charge in [0.05, 0.1) is 18.2 Å². The maximum Gasteiger partial charge on any atom is 0.416 e. The molecule has 3 heterocycles. The van der Waals surface area contributed by atoms with Crippen LogP contribution in [0.2, 0.25) is 0 Å². The molecule has 2 aromatic heterocycles. The van der Waals surface area contributed by atoms with Crippen molar-refractivity contribution < 1.29 is 31.1 Å². The quantitative estimate of drug-likeness (QED) is 0.648. The van der Waals surface area contributed by atoms with Gasteiger partial charge in [-0.15, -0.1) is 0 Å². The fourth-order valence-corrected chi connectivity index (χ4v) is 4.46. The van der Waals surface area contributed by atoms with Crippen LogP contribution in [0.1, 0.15) is 48.2 Å². The molecule has 184 valence electrons. The van der Waals surface area contributed by atoms with Crippen LogP contribution in [0.15, 0.2) is 35.5 Å². The number of alkyl halides is 3. The summed E-state index contributed by atoms with van der Waals surface area (Å²) in [5.41, 5.74) is 0.898. The number of halogens is 3. The van der Waals surface area contributed by atoms with Crippen molar-refractivity contribution in [2.45, 2.75) is 55.5 Å². The second kappa shape index (κ2) is 9.12. The molecule has 2 fully saturated rings. The third-order valence-electron chi connectivity index (χ3n) is 5.87. The molecule has 2 aliphatic rings. The van der Waals surface area contributed by atoms with Crippen molar-refractivity contribution >= 4 is 27.4 Å². The standard InChI is InChI=1S/C21H24F3N5O4S/c1-12-10-29(11-17(33-12)21(22,23)24)19-15(5-6-16(28-19)13-3-2-4-13)20(30)27-14-7-8-26-18(9-14)34(25,31)32/h5-9,12-13,17H,2-4,10-11H2,1H3,(H2,25,31,32)(H,26,27,30). The lowest BCUT2D eigenvalue weighted by Gasteiger charge is -2.39. The van der Waals surface area contributed by atoms with E-state index < -0.39 is 45.9 Å². The number of pyridine rings is 2. The Morgan fingerprint density at radius 3 is 2.59 bits per heavy atom. The number of amides is 1. The Morgan fingerprint density at radius 2 is 1.97 bits per heavy atom. The van der Waals surface area contributed by atoms with E-state index in [-0.39, 0.29) is 29.5 Å². The molecule has 1 aliphatic heterocycles. The van der Waals surface area contributed by atoms with Crippen LogP contribution in [0, 0.1) is 0 Å². The minimum Gasteiger partial charge on any atom is -0.362 e. The summed E-state index contributed by atoms with van der Waals surface area (Å²) in [7, 11) is -4.09. The maximum absolute atomic E-state index is 13.4. The zero-order valence-electron chi connectivity index (χ0n) is 18.2. The Hall–Kier alpha value is -2.77. The van der Waals surface area contributed by atoms with Gasteiger partial charge in [-0.1, -0.05) is 6.42 Å². The molecule has 1 amide bonds. The number of nitrogens with one attached hydrogen (secondary N) is 1. The molecule has 4 rings (SSSR count). The lowest BCUT2D eigenvalue weighted by Crippen LogP contribution is -2.53. The van der Waals surface area contributed by atoms with E-state index in [4.69, 9.17) is 9.88 Å². The van der Waals surface area contributed by atoms with Gasteiger partial charge in [0.25, 0.3) is 15.9 Å². The van der Waals surface area contributed by atoms with Crippen molar-refractivity contribution in [3.8, 4) is 0 Å². The molecule has 34 heavy (non-hydrogen) atoms. The summed E-state index contributed by atoms with van der Waals surface area (Å²) in [6.07, 6.45) is -3.25. The average Bonchev–Trinajstić information content (AvgIpc) is 2.71. The molecule has 0 spiro atoms. The van der Waals surface area contributed by atoms with Crippen molar-refractivity contribution in [2.24, 2.45) is 5.14 Å². The van der Waals surface area contributed by atoms with Gasteiger partial charge in [-0.2, -0.15) is 13.2 Å². The number of morpholine rings is 1. The normalized spacial score (nSPS) is 21.7. The first-order chi connectivity index (χ1) is 15.9. The Kier molecular flexibility index (Phi) is 6.53. The summed E-state index contributed by atoms with van der Waals surface area (Å²) in [5, 5.41) is 7.22. The lowest BCUT2D eigenvalue weighted by atomic mass is 9.82. The van der Waals surface area contributed by atoms with Crippen LogP contribution in [0.3, 0.4) is 0 Å². The van der Waals surface area contributed by atoms with Crippen LogP contribution in [0.25, 0.3) is 0 Å². The fraction of sp³-hybridized carbons (Fsp3) is 0.476. The second-order valence-corrected chi connectivity index (χ2v) is 10.0. The van der Waals surface area contributed by atoms with Gasteiger partial charge in [0, 0.05) is 36.1 Å². The highest BCUT2D eigenvalue weighted by Crippen LogP contribution is 2.37. The average molecular weight is 500 g/mol. The molecule has 13 heteroatoms. The summed E-state index contributed by atoms with van der Waals surface area (Å²) in [4.78, 5) is 22.8. The van der Waals surface area contributed by atoms with E-state index in [2.05, 4.69) is 15.3 Å². The molecule has 1 saturated carbocycles. The van der Waals surface area contributed by atoms with Crippen LogP contribution in [-0.2, 0) is 14.8 Å². The summed E-state index contributed by atoms with van der Waals surface area (Å²) >= 11 is 0. The minimum absolute atomic E-state index is 0.0621. The zero-order valence-corrected chi connectivity index (χ0v) is 19.1. The smallest absolute Gasteiger partial charge is 0.362 e. The van der Waals surface area contributed by atoms with Gasteiger partial charge >= 0.3 is 6.18 Å². The number of hydrogen-bond acceptors (Lipinski definition) is 7. The lowest BCUT2D eigenvalue weighted by molar-refractivity contribution is -0.233. The first-order valence-corrected chi connectivity index (χ1v) is 12.2. The number of anilines is 2. The van der Waals surface area contributed by atoms with Crippen molar-refractivity contribution in [1.82, 2.24) is 9.97 Å². The Balaban J connectivity index is 1.68. The van der Waals surface area contributed by atoms with Gasteiger partial charge < -0.3 is 15.0 Å². The van der Waals surface area contributed by atoms with Gasteiger partial charge in [0.1, 0.15) is 5.82 Å². The third-order valence-corrected chi connectivity index (χ3v) is 6.68. The molecule has 1 aliphatic carbocycles. The summed E-state index contributed by atoms with van der Waals surface area (Å²) in [5.74, 6) is -0.325. The molecule has 0 radical (unpaired) electrons. The molecule has 2 unspecified atom stereocenters. The van der Waals surface area contributed by atoms with Crippen LogP contribution in [-0.4, -0.2) is 55.8 Å². The van der Waals surface area contributed by atoms with E-state index in [9.17, 15) is 26.4 Å². The Morgan fingerprint density at radius 1 is 1.24 bits per heavy atom. The summed E-state index contributed by atoms with van der Waals surface area (Å²) in [6.45, 7) is 1.16. The van der Waals surface area contributed by atoms with Crippen LogP contribution in [0.5, 0.6) is 0 Å². The van der Waals surface area contributed by atoms with Gasteiger partial charge in [-0.3, -0.25) is 4.79 Å². The molecular formula is C21H24F3N5O4S. The third kappa shape index (κ3) is 5.31. The van der Waals surface area contributed by atoms with Gasteiger partial charge in [-0.25, -0.2) is 23.5 Å². The van der Waals surface area contributed by atoms with Crippen molar-refractivity contribution in [3.63, 3.8) is 0 Å². The summed E-state index contributed by atoms with van der Waals surface area (Å²) in [6, 6.07) is 5.71. The predicted octanol–water partition coefficient (Wildman–Crippen LogP) is 2.80. The number of carbonyl (C=O) groups excluding carboxylic acids is 1. The second-order valence-electron chi connectivity index (χ2n) is 8.50. The van der Waals surface area contributed by atoms with Crippen molar-refractivity contribution in [3.05, 3.63) is 41.7 Å². The minimum atomic E-state index is -4.57. The van der Waals surface area contributed by atoms with Gasteiger partial charge in [0.2, 0.25) is 0 Å². The number of ether oxygens (including phenoxy) is 1. The first-order valence-electron chi connectivity index (χ1n) is 10.7. The van der Waals surface area contributed by atoms with E-state index in [1.807, 2.05) is 0 Å². The molecule has 0 bridgehead atoms. The van der Waals surface area contributed by atoms with Gasteiger partial charge in [0.15, 0.2) is 11.1 Å². The number of carbonyl (C=O) groups is 1. The molecular weight excluding hydrogens is 475 g/mol. The predicted molar refractivity (Wildman–Crippen MR) is 117 cm³/mol. The van der Waals surface area contributed by atoms with Crippen LogP contribution < -0.4 is 15.4 Å². The molecule has 3 N–H and O–H groups in total. The van der Waals surface area contributed by atoms with Crippen molar-refractivity contribution in [1.29, 1.82) is 0 Å². The topological polar surface area (TPSA) is 128 Å². The van der Waals surface area contributed by atoms with E-state index in [1.165, 1.54) is 30.2 Å². The number of sulfonamides is 1. The molecule has 0 aromatic carbocycles. The zero-order chi connectivity index (χ0) is 24.7. The SMILES string of the molecule is CC1CN(c2nc(C3CCC3)ccc2C(=O)Nc2ccnc(S(N)(=O)=O)c2)CC(C(F)(F)F)O1. The van der Waals surface area contributed by atoms with Gasteiger partial charge in [-0.05, 0) is 38.0 Å². The Bertz CT molecular complexity index is 1190. The number of nitrogens with two attached hydrogens (primary N) is 1. The molecule has 2 atom stereocenters. The largest absolute Gasteiger partial charge is 0.416 e. The Labute approximate surface area is 194 Å². The van der Waals surface area contributed by atoms with Crippen LogP contribution >= 0.6 is 0 Å². The van der Waals surface area contributed by atoms with E-state index in [1.54, 1.807) is 6.07 Å². The maximum atomic E-state index is 13.4. The number of hydrogen-bond donors (Lipinski definition) is 2. The summed E-state index contributed by atoms with van der Waals surface area (Å²) < 4.78 is 68.5. The number of aromatic nitrogens is 2. The molecule has 1 saturated heterocycles. The molecule has 2 aromatic rings. The number of nitrogens with zero attached hydrogens (tertiary/aromatic N) is 3. The monoisotopic (exact) mass is 499 g/mol. The number of primary sulfonamides is 1. The first kappa shape index (κ1) is 24.4. The van der Waals surface area contributed by atoms with Crippen LogP contribution in [0.4, 0.5) is 24.7 Å². The highest BCUT2D eigenvalue weighted by atomic mass is 32.2. The molecule has 9 nitrogen and oxygen atoms in total. The number of rotatable bonds is 5. The fourth-order valence-electron chi connectivity index (χ4n) is 3.96. The highest BCUT2D eigenvalue weighted by molar-refractivity contribution is 7.89. The van der Waals surface area contributed by atoms with E-state index >= 15 is 0 Å². The highest BCUT2D eigenvalue weighted by Gasteiger charge is 2.45. The van der Waals surface area contributed by atoms with E-state index in [0.29, 0.717) is 0 Å².